The molecule has 0 saturated heterocycles. The minimum atomic E-state index is -0.560. The van der Waals surface area contributed by atoms with Gasteiger partial charge >= 0.3 is 0 Å². The third-order valence-electron chi connectivity index (χ3n) is 1.20. The van der Waals surface area contributed by atoms with Crippen molar-refractivity contribution in [1.82, 2.24) is 0 Å². The van der Waals surface area contributed by atoms with Gasteiger partial charge in [-0.1, -0.05) is 0 Å². The normalized spacial score (nSPS) is 12.0. The fourth-order valence-corrected chi connectivity index (χ4v) is 0.669. The summed E-state index contributed by atoms with van der Waals surface area (Å²) < 4.78 is 0. The molecule has 0 aliphatic rings. The number of hydrogen-bond acceptors (Lipinski definition) is 2. The summed E-state index contributed by atoms with van der Waals surface area (Å²) in [6.45, 7) is 3.80. The van der Waals surface area contributed by atoms with Gasteiger partial charge in [-0.25, -0.2) is 0 Å². The van der Waals surface area contributed by atoms with Crippen LogP contribution in [0.4, 0.5) is 0 Å². The maximum absolute atomic E-state index is 9.16. The highest BCUT2D eigenvalue weighted by Crippen LogP contribution is 2.10. The molecule has 0 radical (unpaired) electrons. The van der Waals surface area contributed by atoms with Crippen LogP contribution in [0, 0.1) is 0 Å². The lowest BCUT2D eigenvalue weighted by Gasteiger charge is -2.15. The van der Waals surface area contributed by atoms with E-state index in [9.17, 15) is 0 Å². The van der Waals surface area contributed by atoms with E-state index in [0.717, 1.165) is 19.3 Å². The summed E-state index contributed by atoms with van der Waals surface area (Å²) in [4.78, 5) is 0. The number of hydrogen-bond donors (Lipinski definition) is 2. The van der Waals surface area contributed by atoms with E-state index in [1.54, 1.807) is 13.8 Å². The van der Waals surface area contributed by atoms with Crippen LogP contribution in [0.5, 0.6) is 0 Å². The van der Waals surface area contributed by atoms with Crippen molar-refractivity contribution in [3.63, 3.8) is 0 Å². The average Bonchev–Trinajstić information content (AvgIpc) is 1.63. The first-order chi connectivity index (χ1) is 4.06. The lowest BCUT2D eigenvalue weighted by atomic mass is 10.0. The molecule has 0 aromatic rings. The second-order valence-electron chi connectivity index (χ2n) is 2.99. The highest BCUT2D eigenvalue weighted by atomic mass is 16.3. The van der Waals surface area contributed by atoms with Gasteiger partial charge in [0.25, 0.3) is 0 Å². The van der Waals surface area contributed by atoms with Crippen molar-refractivity contribution in [2.75, 3.05) is 6.61 Å². The summed E-state index contributed by atoms with van der Waals surface area (Å²) in [5.41, 5.74) is -0.560. The molecule has 0 aliphatic heterocycles. The van der Waals surface area contributed by atoms with Crippen molar-refractivity contribution in [2.24, 2.45) is 0 Å². The van der Waals surface area contributed by atoms with Crippen molar-refractivity contribution in [3.05, 3.63) is 0 Å². The third-order valence-corrected chi connectivity index (χ3v) is 1.20. The van der Waals surface area contributed by atoms with Crippen LogP contribution in [0.2, 0.25) is 0 Å². The first kappa shape index (κ1) is 8.92. The second-order valence-corrected chi connectivity index (χ2v) is 2.99. The van der Waals surface area contributed by atoms with Crippen LogP contribution in [0.3, 0.4) is 0 Å². The Balaban J connectivity index is 3.07. The van der Waals surface area contributed by atoms with Crippen LogP contribution in [-0.2, 0) is 0 Å². The summed E-state index contributed by atoms with van der Waals surface area (Å²) in [7, 11) is 0. The van der Waals surface area contributed by atoms with Gasteiger partial charge in [0, 0.05) is 6.61 Å². The molecule has 0 amide bonds. The summed E-state index contributed by atoms with van der Waals surface area (Å²) in [5.74, 6) is 0. The molecule has 0 saturated carbocycles. The molecule has 2 N–H and O–H groups in total. The minimum Gasteiger partial charge on any atom is -0.396 e. The number of aliphatic hydroxyl groups excluding tert-OH is 1. The van der Waals surface area contributed by atoms with Gasteiger partial charge in [0.15, 0.2) is 0 Å². The molecule has 0 atom stereocenters. The fraction of sp³-hybridized carbons (Fsp3) is 1.00. The SMILES string of the molecule is CC(C)(O)CCCCO. The predicted octanol–water partition coefficient (Wildman–Crippen LogP) is 0.920. The third kappa shape index (κ3) is 7.92. The molecule has 2 nitrogen and oxygen atoms in total. The zero-order valence-corrected chi connectivity index (χ0v) is 6.22. The Morgan fingerprint density at radius 2 is 1.78 bits per heavy atom. The summed E-state index contributed by atoms with van der Waals surface area (Å²) in [6.07, 6.45) is 2.47. The highest BCUT2D eigenvalue weighted by molar-refractivity contribution is 4.63. The molecular weight excluding hydrogens is 116 g/mol. The lowest BCUT2D eigenvalue weighted by Crippen LogP contribution is -2.17. The fourth-order valence-electron chi connectivity index (χ4n) is 0.669. The molecule has 0 aromatic heterocycles. The molecule has 0 fully saturated rings. The van der Waals surface area contributed by atoms with Gasteiger partial charge in [0.2, 0.25) is 0 Å². The van der Waals surface area contributed by atoms with Crippen molar-refractivity contribution >= 4 is 0 Å². The Labute approximate surface area is 56.5 Å². The molecule has 0 bridgehead atoms. The van der Waals surface area contributed by atoms with Gasteiger partial charge in [0.1, 0.15) is 0 Å². The monoisotopic (exact) mass is 132 g/mol. The maximum atomic E-state index is 9.16. The Morgan fingerprint density at radius 1 is 1.22 bits per heavy atom. The Kier molecular flexibility index (Phi) is 3.82. The summed E-state index contributed by atoms with van der Waals surface area (Å²) in [5, 5.41) is 17.5. The van der Waals surface area contributed by atoms with Gasteiger partial charge in [-0.2, -0.15) is 0 Å². The molecular formula is C7H16O2. The largest absolute Gasteiger partial charge is 0.396 e. The molecule has 0 rings (SSSR count). The number of aliphatic hydroxyl groups is 2. The topological polar surface area (TPSA) is 40.5 Å². The van der Waals surface area contributed by atoms with E-state index in [1.807, 2.05) is 0 Å². The van der Waals surface area contributed by atoms with E-state index in [-0.39, 0.29) is 6.61 Å². The van der Waals surface area contributed by atoms with E-state index < -0.39 is 5.60 Å². The molecule has 2 heteroatoms. The molecule has 0 heterocycles. The van der Waals surface area contributed by atoms with E-state index in [0.29, 0.717) is 0 Å². The minimum absolute atomic E-state index is 0.232. The lowest BCUT2D eigenvalue weighted by molar-refractivity contribution is 0.0667. The van der Waals surface area contributed by atoms with Gasteiger partial charge in [-0.15, -0.1) is 0 Å². The quantitative estimate of drug-likeness (QED) is 0.558. The molecule has 0 aromatic carbocycles. The molecule has 0 unspecified atom stereocenters. The van der Waals surface area contributed by atoms with Gasteiger partial charge in [0.05, 0.1) is 5.60 Å². The van der Waals surface area contributed by atoms with E-state index >= 15 is 0 Å². The summed E-state index contributed by atoms with van der Waals surface area (Å²) >= 11 is 0. The standard InChI is InChI=1S/C7H16O2/c1-7(2,9)5-3-4-6-8/h8-9H,3-6H2,1-2H3. The molecule has 0 aliphatic carbocycles. The van der Waals surface area contributed by atoms with Crippen LogP contribution in [0.1, 0.15) is 33.1 Å². The van der Waals surface area contributed by atoms with Crippen molar-refractivity contribution in [3.8, 4) is 0 Å². The summed E-state index contributed by atoms with van der Waals surface area (Å²) in [6, 6.07) is 0. The molecule has 9 heavy (non-hydrogen) atoms. The van der Waals surface area contributed by atoms with E-state index in [2.05, 4.69) is 0 Å². The van der Waals surface area contributed by atoms with Crippen LogP contribution >= 0.6 is 0 Å². The number of unbranched alkanes of at least 4 members (excludes halogenated alkanes) is 1. The second kappa shape index (κ2) is 3.85. The van der Waals surface area contributed by atoms with E-state index in [4.69, 9.17) is 10.2 Å². The van der Waals surface area contributed by atoms with Gasteiger partial charge in [-0.05, 0) is 33.1 Å². The van der Waals surface area contributed by atoms with Crippen molar-refractivity contribution in [2.45, 2.75) is 38.7 Å². The zero-order valence-electron chi connectivity index (χ0n) is 6.22. The maximum Gasteiger partial charge on any atom is 0.0591 e. The van der Waals surface area contributed by atoms with Crippen LogP contribution in [-0.4, -0.2) is 22.4 Å². The van der Waals surface area contributed by atoms with Crippen LogP contribution in [0.15, 0.2) is 0 Å². The first-order valence-corrected chi connectivity index (χ1v) is 3.39. The van der Waals surface area contributed by atoms with Gasteiger partial charge < -0.3 is 10.2 Å². The predicted molar refractivity (Wildman–Crippen MR) is 37.2 cm³/mol. The Morgan fingerprint density at radius 3 is 2.11 bits per heavy atom. The van der Waals surface area contributed by atoms with Crippen LogP contribution in [0.25, 0.3) is 0 Å². The first-order valence-electron chi connectivity index (χ1n) is 3.39. The number of rotatable bonds is 4. The Bertz CT molecular complexity index is 63.8. The van der Waals surface area contributed by atoms with Crippen molar-refractivity contribution in [1.29, 1.82) is 0 Å². The van der Waals surface area contributed by atoms with Crippen molar-refractivity contribution < 1.29 is 10.2 Å². The smallest absolute Gasteiger partial charge is 0.0591 e. The molecule has 0 spiro atoms. The van der Waals surface area contributed by atoms with E-state index in [1.165, 1.54) is 0 Å². The van der Waals surface area contributed by atoms with Gasteiger partial charge in [-0.3, -0.25) is 0 Å². The highest BCUT2D eigenvalue weighted by Gasteiger charge is 2.10. The average molecular weight is 132 g/mol. The molecule has 56 valence electrons. The van der Waals surface area contributed by atoms with Crippen LogP contribution < -0.4 is 0 Å². The zero-order chi connectivity index (χ0) is 7.33. The Hall–Kier alpha value is -0.0800.